The fourth-order valence-electron chi connectivity index (χ4n) is 0.920. The zero-order valence-corrected chi connectivity index (χ0v) is 5.09. The van der Waals surface area contributed by atoms with Gasteiger partial charge in [0.1, 0.15) is 0 Å². The van der Waals surface area contributed by atoms with Crippen LogP contribution in [0.5, 0.6) is 0 Å². The van der Waals surface area contributed by atoms with E-state index in [4.69, 9.17) is 9.95 Å². The van der Waals surface area contributed by atoms with Crippen LogP contribution in [-0.4, -0.2) is 4.98 Å². The first-order valence-electron chi connectivity index (χ1n) is 2.84. The Kier molecular flexibility index (Phi) is 0.887. The second-order valence-corrected chi connectivity index (χ2v) is 1.95. The molecule has 4 heteroatoms. The fraction of sp³-hybridized carbons (Fsp3) is 0. The van der Waals surface area contributed by atoms with Crippen molar-refractivity contribution in [3.8, 4) is 0 Å². The van der Waals surface area contributed by atoms with Crippen LogP contribution in [0.4, 0.5) is 5.82 Å². The van der Waals surface area contributed by atoms with E-state index in [0.717, 1.165) is 5.39 Å². The molecule has 0 fully saturated rings. The molecule has 0 unspecified atom stereocenters. The molecule has 2 aromatic rings. The number of nitrogens with zero attached hydrogens (tertiary/aromatic N) is 1. The van der Waals surface area contributed by atoms with Crippen molar-refractivity contribution in [1.82, 2.24) is 4.98 Å². The lowest BCUT2D eigenvalue weighted by atomic mass is 10.4. The number of rotatable bonds is 1. The summed E-state index contributed by atoms with van der Waals surface area (Å²) in [6.45, 7) is 0. The summed E-state index contributed by atoms with van der Waals surface area (Å²) < 4.78 is 5.03. The van der Waals surface area contributed by atoms with Gasteiger partial charge < -0.3 is 9.40 Å². The lowest BCUT2D eigenvalue weighted by Crippen LogP contribution is -1.55. The Labute approximate surface area is 56.4 Å². The number of nitrogens with one attached hydrogen (secondary N) is 2. The Balaban J connectivity index is 2.88. The van der Waals surface area contributed by atoms with Crippen LogP contribution in [0.15, 0.2) is 28.1 Å². The van der Waals surface area contributed by atoms with E-state index in [0.29, 0.717) is 11.4 Å². The molecule has 2 heterocycles. The predicted molar refractivity (Wildman–Crippen MR) is 35.4 cm³/mol. The van der Waals surface area contributed by atoms with Crippen molar-refractivity contribution in [3.63, 3.8) is 0 Å². The molecule has 0 amide bonds. The van der Waals surface area contributed by atoms with Crippen molar-refractivity contribution in [3.05, 3.63) is 18.5 Å². The molecule has 50 valence electrons. The number of H-pyrrole nitrogens is 1. The number of furan rings is 1. The second kappa shape index (κ2) is 1.70. The third-order valence-electron chi connectivity index (χ3n) is 1.39. The maximum Gasteiger partial charge on any atom is 0.195 e. The molecule has 2 N–H and O–H groups in total. The standard InChI is InChI=1S/C6H5N3O/c7-9-6-5-4(3-8-6)1-2-10-5/h1-3,7-8H. The Morgan fingerprint density at radius 1 is 1.60 bits per heavy atom. The molecule has 0 bridgehead atoms. The third-order valence-corrected chi connectivity index (χ3v) is 1.39. The minimum absolute atomic E-state index is 0.472. The summed E-state index contributed by atoms with van der Waals surface area (Å²) in [7, 11) is 0. The molecular formula is C6H5N3O. The van der Waals surface area contributed by atoms with Gasteiger partial charge in [0.25, 0.3) is 0 Å². The molecule has 0 saturated carbocycles. The van der Waals surface area contributed by atoms with Gasteiger partial charge in [-0.15, -0.1) is 5.11 Å². The van der Waals surface area contributed by atoms with Crippen LogP contribution in [0, 0.1) is 5.53 Å². The molecule has 0 aliphatic carbocycles. The van der Waals surface area contributed by atoms with Crippen molar-refractivity contribution in [2.45, 2.75) is 0 Å². The minimum atomic E-state index is 0.472. The van der Waals surface area contributed by atoms with Gasteiger partial charge in [0.15, 0.2) is 11.4 Å². The van der Waals surface area contributed by atoms with Crippen LogP contribution >= 0.6 is 0 Å². The molecule has 10 heavy (non-hydrogen) atoms. The first kappa shape index (κ1) is 5.22. The van der Waals surface area contributed by atoms with Gasteiger partial charge in [-0.25, -0.2) is 5.53 Å². The SMILES string of the molecule is N=Nc1[nH]cc2ccoc12. The number of aromatic nitrogens is 1. The van der Waals surface area contributed by atoms with Gasteiger partial charge in [-0.05, 0) is 6.07 Å². The minimum Gasteiger partial charge on any atom is -0.460 e. The number of hydrogen-bond acceptors (Lipinski definition) is 3. The van der Waals surface area contributed by atoms with Gasteiger partial charge in [-0.2, -0.15) is 0 Å². The zero-order chi connectivity index (χ0) is 6.97. The van der Waals surface area contributed by atoms with Gasteiger partial charge in [0.2, 0.25) is 0 Å². The molecular weight excluding hydrogens is 130 g/mol. The third kappa shape index (κ3) is 0.500. The van der Waals surface area contributed by atoms with Crippen molar-refractivity contribution >= 4 is 16.8 Å². The maximum atomic E-state index is 6.71. The van der Waals surface area contributed by atoms with Crippen LogP contribution in [0.25, 0.3) is 11.0 Å². The van der Waals surface area contributed by atoms with Crippen molar-refractivity contribution in [2.75, 3.05) is 0 Å². The van der Waals surface area contributed by atoms with E-state index >= 15 is 0 Å². The Hall–Kier alpha value is -1.58. The van der Waals surface area contributed by atoms with Crippen LogP contribution in [0.2, 0.25) is 0 Å². The van der Waals surface area contributed by atoms with Gasteiger partial charge in [-0.3, -0.25) is 0 Å². The van der Waals surface area contributed by atoms with Crippen molar-refractivity contribution < 1.29 is 4.42 Å². The quantitative estimate of drug-likeness (QED) is 0.579. The lowest BCUT2D eigenvalue weighted by Gasteiger charge is -1.78. The van der Waals surface area contributed by atoms with Gasteiger partial charge in [0.05, 0.1) is 6.26 Å². The summed E-state index contributed by atoms with van der Waals surface area (Å²) in [5, 5.41) is 4.18. The Morgan fingerprint density at radius 2 is 2.50 bits per heavy atom. The van der Waals surface area contributed by atoms with E-state index in [1.165, 1.54) is 0 Å². The molecule has 4 nitrogen and oxygen atoms in total. The van der Waals surface area contributed by atoms with Crippen molar-refractivity contribution in [2.24, 2.45) is 5.11 Å². The second-order valence-electron chi connectivity index (χ2n) is 1.95. The van der Waals surface area contributed by atoms with Crippen molar-refractivity contribution in [1.29, 1.82) is 5.53 Å². The smallest absolute Gasteiger partial charge is 0.195 e. The largest absolute Gasteiger partial charge is 0.460 e. The van der Waals surface area contributed by atoms with Gasteiger partial charge in [-0.1, -0.05) is 0 Å². The van der Waals surface area contributed by atoms with Gasteiger partial charge >= 0.3 is 0 Å². The first-order chi connectivity index (χ1) is 4.92. The fourth-order valence-corrected chi connectivity index (χ4v) is 0.920. The Morgan fingerprint density at radius 3 is 3.30 bits per heavy atom. The zero-order valence-electron chi connectivity index (χ0n) is 5.09. The summed E-state index contributed by atoms with van der Waals surface area (Å²) in [5.74, 6) is 0.472. The summed E-state index contributed by atoms with van der Waals surface area (Å²) in [4.78, 5) is 2.80. The number of hydrogen-bond donors (Lipinski definition) is 2. The van der Waals surface area contributed by atoms with E-state index in [9.17, 15) is 0 Å². The summed E-state index contributed by atoms with van der Waals surface area (Å²) in [6, 6.07) is 1.82. The highest BCUT2D eigenvalue weighted by atomic mass is 16.3. The molecule has 0 aromatic carbocycles. The van der Waals surface area contributed by atoms with Crippen LogP contribution < -0.4 is 0 Å². The highest BCUT2D eigenvalue weighted by Gasteiger charge is 2.03. The average molecular weight is 135 g/mol. The van der Waals surface area contributed by atoms with E-state index in [1.54, 1.807) is 12.5 Å². The van der Waals surface area contributed by atoms with Crippen LogP contribution in [0.1, 0.15) is 0 Å². The highest BCUT2D eigenvalue weighted by Crippen LogP contribution is 2.24. The maximum absolute atomic E-state index is 6.71. The monoisotopic (exact) mass is 135 g/mol. The summed E-state index contributed by atoms with van der Waals surface area (Å²) in [5.41, 5.74) is 7.36. The molecule has 0 aliphatic rings. The van der Waals surface area contributed by atoms with Crippen LogP contribution in [-0.2, 0) is 0 Å². The predicted octanol–water partition coefficient (Wildman–Crippen LogP) is 2.42. The number of aromatic amines is 1. The normalized spacial score (nSPS) is 10.4. The summed E-state index contributed by atoms with van der Waals surface area (Å²) in [6.07, 6.45) is 3.33. The molecule has 0 radical (unpaired) electrons. The summed E-state index contributed by atoms with van der Waals surface area (Å²) >= 11 is 0. The molecule has 0 aliphatic heterocycles. The topological polar surface area (TPSA) is 65.1 Å². The molecule has 2 aromatic heterocycles. The van der Waals surface area contributed by atoms with E-state index in [-0.39, 0.29) is 0 Å². The van der Waals surface area contributed by atoms with E-state index < -0.39 is 0 Å². The van der Waals surface area contributed by atoms with E-state index in [1.807, 2.05) is 6.07 Å². The molecule has 2 rings (SSSR count). The number of fused-ring (bicyclic) bond motifs is 1. The molecule has 0 atom stereocenters. The molecule has 0 saturated heterocycles. The Bertz CT molecular complexity index is 360. The average Bonchev–Trinajstić information content (AvgIpc) is 2.44. The first-order valence-corrected chi connectivity index (χ1v) is 2.84. The van der Waals surface area contributed by atoms with Crippen LogP contribution in [0.3, 0.4) is 0 Å². The van der Waals surface area contributed by atoms with Gasteiger partial charge in [0, 0.05) is 11.6 Å². The lowest BCUT2D eigenvalue weighted by molar-refractivity contribution is 0.615. The van der Waals surface area contributed by atoms with E-state index in [2.05, 4.69) is 10.1 Å². The molecule has 0 spiro atoms. The highest BCUT2D eigenvalue weighted by molar-refractivity contribution is 5.85.